The van der Waals surface area contributed by atoms with E-state index in [2.05, 4.69) is 53.2 Å². The topological polar surface area (TPSA) is 53.9 Å². The molecule has 5 nitrogen and oxygen atoms in total. The summed E-state index contributed by atoms with van der Waals surface area (Å²) in [5.41, 5.74) is 4.58. The second-order valence-corrected chi connectivity index (χ2v) is 7.19. The molecule has 142 valence electrons. The van der Waals surface area contributed by atoms with E-state index in [4.69, 9.17) is 0 Å². The van der Waals surface area contributed by atoms with Gasteiger partial charge in [-0.25, -0.2) is 9.67 Å². The van der Waals surface area contributed by atoms with Crippen LogP contribution in [0.3, 0.4) is 0 Å². The predicted octanol–water partition coefficient (Wildman–Crippen LogP) is 3.28. The number of H-pyrrole nitrogens is 1. The van der Waals surface area contributed by atoms with Gasteiger partial charge < -0.3 is 0 Å². The number of benzene rings is 1. The molecular weight excluding hydrogens is 360 g/mol. The van der Waals surface area contributed by atoms with Crippen LogP contribution >= 0.6 is 12.4 Å². The first-order chi connectivity index (χ1) is 12.6. The number of nitrogens with one attached hydrogen (secondary N) is 1. The molecule has 1 unspecified atom stereocenters. The molecule has 27 heavy (non-hydrogen) atoms. The van der Waals surface area contributed by atoms with E-state index in [0.717, 1.165) is 37.1 Å². The van der Waals surface area contributed by atoms with Gasteiger partial charge in [-0.15, -0.1) is 12.4 Å². The lowest BCUT2D eigenvalue weighted by molar-refractivity contribution is 0.213. The average Bonchev–Trinajstić information content (AvgIpc) is 3.00. The maximum absolute atomic E-state index is 12.9. The fourth-order valence-corrected chi connectivity index (χ4v) is 3.72. The van der Waals surface area contributed by atoms with Crippen molar-refractivity contribution in [2.45, 2.75) is 38.8 Å². The Morgan fingerprint density at radius 1 is 1.22 bits per heavy atom. The molecule has 1 aromatic carbocycles. The van der Waals surface area contributed by atoms with Crippen LogP contribution in [-0.2, 0) is 19.4 Å². The lowest BCUT2D eigenvalue weighted by Crippen LogP contribution is -2.37. The van der Waals surface area contributed by atoms with E-state index in [1.807, 2.05) is 18.2 Å². The molecule has 0 aliphatic heterocycles. The van der Waals surface area contributed by atoms with Crippen LogP contribution in [0.25, 0.3) is 5.82 Å². The summed E-state index contributed by atoms with van der Waals surface area (Å²) in [5.74, 6) is 0.649. The van der Waals surface area contributed by atoms with Crippen molar-refractivity contribution < 1.29 is 0 Å². The van der Waals surface area contributed by atoms with Gasteiger partial charge in [0.15, 0.2) is 5.82 Å². The Bertz CT molecular complexity index is 947. The molecule has 0 fully saturated rings. The molecular formula is C21H25ClN4O. The van der Waals surface area contributed by atoms with Gasteiger partial charge in [0.2, 0.25) is 0 Å². The van der Waals surface area contributed by atoms with Gasteiger partial charge in [-0.3, -0.25) is 14.8 Å². The molecule has 1 aliphatic rings. The largest absolute Gasteiger partial charge is 0.299 e. The van der Waals surface area contributed by atoms with Gasteiger partial charge in [0.05, 0.1) is 0 Å². The summed E-state index contributed by atoms with van der Waals surface area (Å²) in [5, 5.41) is 3.26. The van der Waals surface area contributed by atoms with E-state index < -0.39 is 0 Å². The van der Waals surface area contributed by atoms with Crippen molar-refractivity contribution in [2.24, 2.45) is 0 Å². The number of likely N-dealkylation sites (N-methyl/N-ethyl adjacent to an activating group) is 1. The van der Waals surface area contributed by atoms with Crippen molar-refractivity contribution in [3.63, 3.8) is 0 Å². The molecule has 0 saturated carbocycles. The van der Waals surface area contributed by atoms with E-state index >= 15 is 0 Å². The fourth-order valence-electron chi connectivity index (χ4n) is 3.72. The Morgan fingerprint density at radius 2 is 2.00 bits per heavy atom. The Balaban J connectivity index is 0.00000210. The summed E-state index contributed by atoms with van der Waals surface area (Å²) in [6.07, 6.45) is 4.44. The lowest BCUT2D eigenvalue weighted by Gasteiger charge is -2.30. The number of aromatic nitrogens is 3. The third kappa shape index (κ3) is 3.99. The molecule has 4 rings (SSSR count). The highest BCUT2D eigenvalue weighted by molar-refractivity contribution is 5.85. The second-order valence-electron chi connectivity index (χ2n) is 7.19. The maximum Gasteiger partial charge on any atom is 0.276 e. The molecule has 0 bridgehead atoms. The van der Waals surface area contributed by atoms with Crippen LogP contribution in [-0.4, -0.2) is 32.8 Å². The number of fused-ring (bicyclic) bond motifs is 1. The van der Waals surface area contributed by atoms with Crippen LogP contribution in [0.5, 0.6) is 0 Å². The molecule has 1 atom stereocenters. The molecule has 2 aromatic heterocycles. The Morgan fingerprint density at radius 3 is 2.70 bits per heavy atom. The zero-order chi connectivity index (χ0) is 18.1. The van der Waals surface area contributed by atoms with E-state index in [9.17, 15) is 4.79 Å². The average molecular weight is 385 g/mol. The Labute approximate surface area is 165 Å². The summed E-state index contributed by atoms with van der Waals surface area (Å²) in [6, 6.07) is 14.7. The summed E-state index contributed by atoms with van der Waals surface area (Å²) >= 11 is 0. The maximum atomic E-state index is 12.9. The van der Waals surface area contributed by atoms with Gasteiger partial charge in [-0.1, -0.05) is 35.9 Å². The van der Waals surface area contributed by atoms with Crippen LogP contribution in [0.15, 0.2) is 53.5 Å². The minimum absolute atomic E-state index is 0. The second kappa shape index (κ2) is 8.11. The van der Waals surface area contributed by atoms with E-state index in [0.29, 0.717) is 11.9 Å². The first kappa shape index (κ1) is 19.4. The minimum atomic E-state index is 0. The highest BCUT2D eigenvalue weighted by Crippen LogP contribution is 2.22. The standard InChI is InChI=1S/C21H24N4O.ClH/c1-15-6-8-16(9-7-15)14-24(2)17-10-11-19-18(13-17)21(26)25(23-19)20-5-3-4-12-22-20;/h3-9,12,17,23H,10-11,13-14H2,1-2H3;1H. The number of rotatable bonds is 4. The van der Waals surface area contributed by atoms with Gasteiger partial charge >= 0.3 is 0 Å². The van der Waals surface area contributed by atoms with Crippen molar-refractivity contribution >= 4 is 12.4 Å². The highest BCUT2D eigenvalue weighted by atomic mass is 35.5. The number of aryl methyl sites for hydroxylation is 2. The monoisotopic (exact) mass is 384 g/mol. The third-order valence-corrected chi connectivity index (χ3v) is 5.29. The van der Waals surface area contributed by atoms with Crippen molar-refractivity contribution in [1.82, 2.24) is 19.7 Å². The number of hydrogen-bond acceptors (Lipinski definition) is 3. The smallest absolute Gasteiger partial charge is 0.276 e. The van der Waals surface area contributed by atoms with Crippen molar-refractivity contribution in [1.29, 1.82) is 0 Å². The normalized spacial score (nSPS) is 16.0. The van der Waals surface area contributed by atoms with Crippen molar-refractivity contribution in [2.75, 3.05) is 7.05 Å². The molecule has 1 N–H and O–H groups in total. The highest BCUT2D eigenvalue weighted by Gasteiger charge is 2.27. The SMILES string of the molecule is Cc1ccc(CN(C)C2CCc3[nH]n(-c4ccccn4)c(=O)c3C2)cc1.Cl. The van der Waals surface area contributed by atoms with Crippen LogP contribution < -0.4 is 5.56 Å². The molecule has 2 heterocycles. The molecule has 3 aromatic rings. The summed E-state index contributed by atoms with van der Waals surface area (Å²) in [6.45, 7) is 3.01. The lowest BCUT2D eigenvalue weighted by atomic mass is 9.92. The number of halogens is 1. The van der Waals surface area contributed by atoms with Gasteiger partial charge in [0.1, 0.15) is 0 Å². The number of aromatic amines is 1. The molecule has 0 saturated heterocycles. The third-order valence-electron chi connectivity index (χ3n) is 5.29. The van der Waals surface area contributed by atoms with Crippen LogP contribution in [0.2, 0.25) is 0 Å². The van der Waals surface area contributed by atoms with Crippen LogP contribution in [0.4, 0.5) is 0 Å². The molecule has 0 radical (unpaired) electrons. The van der Waals surface area contributed by atoms with E-state index in [1.165, 1.54) is 11.1 Å². The van der Waals surface area contributed by atoms with Crippen molar-refractivity contribution in [3.8, 4) is 5.82 Å². The fraction of sp³-hybridized carbons (Fsp3) is 0.333. The molecule has 1 aliphatic carbocycles. The molecule has 0 spiro atoms. The number of nitrogens with zero attached hydrogens (tertiary/aromatic N) is 3. The predicted molar refractivity (Wildman–Crippen MR) is 110 cm³/mol. The van der Waals surface area contributed by atoms with Crippen LogP contribution in [0, 0.1) is 6.92 Å². The first-order valence-corrected chi connectivity index (χ1v) is 9.12. The first-order valence-electron chi connectivity index (χ1n) is 9.12. The molecule has 6 heteroatoms. The Kier molecular flexibility index (Phi) is 5.82. The minimum Gasteiger partial charge on any atom is -0.299 e. The number of hydrogen-bond donors (Lipinski definition) is 1. The van der Waals surface area contributed by atoms with Crippen molar-refractivity contribution in [3.05, 3.63) is 81.4 Å². The number of pyridine rings is 1. The summed E-state index contributed by atoms with van der Waals surface area (Å²) < 4.78 is 1.58. The van der Waals surface area contributed by atoms with Gasteiger partial charge in [-0.05, 0) is 50.9 Å². The zero-order valence-electron chi connectivity index (χ0n) is 15.7. The quantitative estimate of drug-likeness (QED) is 0.751. The Hall–Kier alpha value is -2.37. The summed E-state index contributed by atoms with van der Waals surface area (Å²) in [4.78, 5) is 19.5. The summed E-state index contributed by atoms with van der Waals surface area (Å²) in [7, 11) is 2.15. The van der Waals surface area contributed by atoms with Gasteiger partial charge in [-0.2, -0.15) is 0 Å². The van der Waals surface area contributed by atoms with Gasteiger partial charge in [0, 0.05) is 30.0 Å². The van der Waals surface area contributed by atoms with E-state index in [1.54, 1.807) is 10.9 Å². The van der Waals surface area contributed by atoms with E-state index in [-0.39, 0.29) is 18.0 Å². The van der Waals surface area contributed by atoms with Gasteiger partial charge in [0.25, 0.3) is 5.56 Å². The zero-order valence-corrected chi connectivity index (χ0v) is 16.5. The van der Waals surface area contributed by atoms with Crippen LogP contribution in [0.1, 0.15) is 28.8 Å². The molecule has 0 amide bonds.